The molecule has 2 aromatic heterocycles. The van der Waals surface area contributed by atoms with Crippen molar-refractivity contribution in [3.8, 4) is 22.3 Å². The van der Waals surface area contributed by atoms with E-state index in [2.05, 4.69) is 256 Å². The molecule has 342 valence electrons. The van der Waals surface area contributed by atoms with Crippen molar-refractivity contribution >= 4 is 119 Å². The van der Waals surface area contributed by atoms with Crippen LogP contribution < -0.4 is 9.80 Å². The second kappa shape index (κ2) is 15.2. The van der Waals surface area contributed by atoms with Gasteiger partial charge in [-0.2, -0.15) is 0 Å². The van der Waals surface area contributed by atoms with E-state index in [9.17, 15) is 0 Å². The van der Waals surface area contributed by atoms with Crippen molar-refractivity contribution in [2.75, 3.05) is 9.80 Å². The van der Waals surface area contributed by atoms with Crippen molar-refractivity contribution < 1.29 is 0 Å². The van der Waals surface area contributed by atoms with Crippen LogP contribution in [-0.2, 0) is 10.8 Å². The molecule has 13 aromatic rings. The fraction of sp³-hybridized carbons (Fsp3) is 0.0882. The summed E-state index contributed by atoms with van der Waals surface area (Å²) in [6.07, 6.45) is 0. The van der Waals surface area contributed by atoms with E-state index in [-0.39, 0.29) is 10.8 Å². The lowest BCUT2D eigenvalue weighted by Gasteiger charge is -2.30. The topological polar surface area (TPSA) is 6.48 Å². The van der Waals surface area contributed by atoms with Gasteiger partial charge in [0.15, 0.2) is 0 Å². The molecule has 4 heteroatoms. The summed E-state index contributed by atoms with van der Waals surface area (Å²) in [5, 5.41) is 10.3. The number of nitrogens with zero attached hydrogens (tertiary/aromatic N) is 2. The number of anilines is 6. The van der Waals surface area contributed by atoms with Gasteiger partial charge < -0.3 is 9.80 Å². The number of hydrogen-bond acceptors (Lipinski definition) is 4. The summed E-state index contributed by atoms with van der Waals surface area (Å²) in [6, 6.07) is 82.0. The number of fused-ring (bicyclic) bond motifs is 16. The second-order valence-corrected chi connectivity index (χ2v) is 22.9. The molecule has 0 bridgehead atoms. The van der Waals surface area contributed by atoms with Crippen LogP contribution in [0, 0.1) is 0 Å². The van der Waals surface area contributed by atoms with Gasteiger partial charge in [-0.15, -0.1) is 22.7 Å². The van der Waals surface area contributed by atoms with Crippen molar-refractivity contribution in [1.29, 1.82) is 0 Å². The smallest absolute Gasteiger partial charge is 0.0640 e. The highest BCUT2D eigenvalue weighted by molar-refractivity contribution is 7.26. The Labute approximate surface area is 427 Å². The Kier molecular flexibility index (Phi) is 8.84. The number of thiophene rings is 2. The molecule has 2 heterocycles. The Hall–Kier alpha value is -8.02. The van der Waals surface area contributed by atoms with Crippen molar-refractivity contribution in [2.45, 2.75) is 38.5 Å². The zero-order valence-electron chi connectivity index (χ0n) is 40.5. The third-order valence-electron chi connectivity index (χ3n) is 16.2. The lowest BCUT2D eigenvalue weighted by molar-refractivity contribution is 0.639. The standard InChI is InChI=1S/C68H48N2S2/c1-67(2)54-37-44(69(42-20-7-5-8-21-42)58-29-17-27-49-47-25-13-15-31-61(47)71-65(49)58)34-36-46(54)52-38-53-56(39-55(52)67)68(3,4)57-40-60(51-35-33-41-19-11-12-24-45(41)63(51)64(53)57)70(43-22-9-6-10-23-43)59-30-18-28-50-48-26-14-16-32-62(48)72-66(50)59/h5-40H,1-4H3. The summed E-state index contributed by atoms with van der Waals surface area (Å²) >= 11 is 3.78. The predicted molar refractivity (Wildman–Crippen MR) is 312 cm³/mol. The highest BCUT2D eigenvalue weighted by atomic mass is 32.1. The molecule has 0 amide bonds. The van der Waals surface area contributed by atoms with Gasteiger partial charge in [0.2, 0.25) is 0 Å². The van der Waals surface area contributed by atoms with E-state index in [0.717, 1.165) is 11.4 Å². The molecule has 2 aliphatic rings. The molecule has 2 aliphatic carbocycles. The van der Waals surface area contributed by atoms with Crippen LogP contribution in [0.4, 0.5) is 34.1 Å². The Bertz CT molecular complexity index is 4400. The summed E-state index contributed by atoms with van der Waals surface area (Å²) in [5.74, 6) is 0. The Morgan fingerprint density at radius 2 is 0.847 bits per heavy atom. The van der Waals surface area contributed by atoms with Crippen molar-refractivity contribution in [3.05, 3.63) is 241 Å². The average molecular weight is 957 g/mol. The molecule has 11 aromatic carbocycles. The molecule has 0 saturated carbocycles. The summed E-state index contributed by atoms with van der Waals surface area (Å²) in [7, 11) is 0. The largest absolute Gasteiger partial charge is 0.309 e. The van der Waals surface area contributed by atoms with Crippen LogP contribution in [0.5, 0.6) is 0 Å². The minimum atomic E-state index is -0.297. The average Bonchev–Trinajstić information content (AvgIpc) is 4.12. The molecule has 72 heavy (non-hydrogen) atoms. The molecule has 0 aliphatic heterocycles. The fourth-order valence-electron chi connectivity index (χ4n) is 12.7. The molecule has 0 N–H and O–H groups in total. The highest BCUT2D eigenvalue weighted by Gasteiger charge is 2.43. The maximum atomic E-state index is 2.60. The number of para-hydroxylation sites is 2. The molecule has 15 rings (SSSR count). The molecule has 0 atom stereocenters. The van der Waals surface area contributed by atoms with Gasteiger partial charge in [-0.25, -0.2) is 0 Å². The number of rotatable bonds is 6. The van der Waals surface area contributed by atoms with Gasteiger partial charge in [0.25, 0.3) is 0 Å². The second-order valence-electron chi connectivity index (χ2n) is 20.8. The van der Waals surface area contributed by atoms with E-state index in [0.29, 0.717) is 0 Å². The molecular formula is C68H48N2S2. The van der Waals surface area contributed by atoms with Crippen LogP contribution >= 0.6 is 22.7 Å². The van der Waals surface area contributed by atoms with E-state index >= 15 is 0 Å². The van der Waals surface area contributed by atoms with Crippen LogP contribution in [-0.4, -0.2) is 0 Å². The van der Waals surface area contributed by atoms with E-state index < -0.39 is 0 Å². The van der Waals surface area contributed by atoms with Gasteiger partial charge in [0, 0.05) is 64.2 Å². The maximum absolute atomic E-state index is 2.60. The first-order chi connectivity index (χ1) is 35.2. The minimum absolute atomic E-state index is 0.250. The van der Waals surface area contributed by atoms with Crippen LogP contribution in [0.15, 0.2) is 218 Å². The molecular weight excluding hydrogens is 909 g/mol. The maximum Gasteiger partial charge on any atom is 0.0640 e. The summed E-state index contributed by atoms with van der Waals surface area (Å²) in [6.45, 7) is 9.81. The van der Waals surface area contributed by atoms with E-state index in [1.807, 2.05) is 22.7 Å². The molecule has 0 radical (unpaired) electrons. The first kappa shape index (κ1) is 41.7. The third-order valence-corrected chi connectivity index (χ3v) is 18.6. The van der Waals surface area contributed by atoms with Crippen LogP contribution in [0.25, 0.3) is 84.1 Å². The summed E-state index contributed by atoms with van der Waals surface area (Å²) in [4.78, 5) is 5.02. The first-order valence-corrected chi connectivity index (χ1v) is 26.7. The number of benzene rings is 11. The quantitative estimate of drug-likeness (QED) is 0.153. The molecule has 0 spiro atoms. The van der Waals surface area contributed by atoms with Gasteiger partial charge in [0.1, 0.15) is 0 Å². The fourth-order valence-corrected chi connectivity index (χ4v) is 15.1. The highest BCUT2D eigenvalue weighted by Crippen LogP contribution is 2.61. The Balaban J connectivity index is 0.950. The monoisotopic (exact) mass is 956 g/mol. The van der Waals surface area contributed by atoms with E-state index in [1.165, 1.54) is 129 Å². The van der Waals surface area contributed by atoms with Gasteiger partial charge >= 0.3 is 0 Å². The van der Waals surface area contributed by atoms with Crippen molar-refractivity contribution in [2.24, 2.45) is 0 Å². The predicted octanol–water partition coefficient (Wildman–Crippen LogP) is 20.3. The van der Waals surface area contributed by atoms with Gasteiger partial charge in [-0.05, 0) is 133 Å². The van der Waals surface area contributed by atoms with Gasteiger partial charge in [-0.1, -0.05) is 173 Å². The van der Waals surface area contributed by atoms with E-state index in [1.54, 1.807) is 0 Å². The van der Waals surface area contributed by atoms with Crippen LogP contribution in [0.1, 0.15) is 49.9 Å². The SMILES string of the molecule is CC1(C)c2cc(N(c3ccccc3)c3cccc4c3sc3ccccc34)ccc2-c2cc3c(cc21)C(C)(C)c1cc(N(c2ccccc2)c2cccc4c2sc2ccccc24)c2ccc4ccccc4c2c1-3. The zero-order chi connectivity index (χ0) is 48.0. The van der Waals surface area contributed by atoms with E-state index in [4.69, 9.17) is 0 Å². The van der Waals surface area contributed by atoms with Gasteiger partial charge in [0.05, 0.1) is 26.5 Å². The molecule has 2 nitrogen and oxygen atoms in total. The minimum Gasteiger partial charge on any atom is -0.309 e. The summed E-state index contributed by atoms with van der Waals surface area (Å²) < 4.78 is 5.21. The van der Waals surface area contributed by atoms with Crippen molar-refractivity contribution in [1.82, 2.24) is 0 Å². The lowest BCUT2D eigenvalue weighted by atomic mass is 9.77. The Morgan fingerprint density at radius 3 is 1.51 bits per heavy atom. The summed E-state index contributed by atoms with van der Waals surface area (Å²) in [5.41, 5.74) is 17.4. The molecule has 0 saturated heterocycles. The molecule has 0 unspecified atom stereocenters. The van der Waals surface area contributed by atoms with Crippen LogP contribution in [0.2, 0.25) is 0 Å². The number of hydrogen-bond donors (Lipinski definition) is 0. The zero-order valence-corrected chi connectivity index (χ0v) is 42.1. The lowest BCUT2D eigenvalue weighted by Crippen LogP contribution is -2.20. The van der Waals surface area contributed by atoms with Gasteiger partial charge in [-0.3, -0.25) is 0 Å². The molecule has 0 fully saturated rings. The first-order valence-electron chi connectivity index (χ1n) is 25.1. The van der Waals surface area contributed by atoms with Crippen LogP contribution in [0.3, 0.4) is 0 Å². The Morgan fingerprint density at radius 1 is 0.319 bits per heavy atom. The van der Waals surface area contributed by atoms with Crippen molar-refractivity contribution in [3.63, 3.8) is 0 Å². The normalized spacial score (nSPS) is 14.1. The third kappa shape index (κ3) is 5.82.